The molecule has 0 radical (unpaired) electrons. The Labute approximate surface area is 170 Å². The topological polar surface area (TPSA) is 69.7 Å². The fourth-order valence-electron chi connectivity index (χ4n) is 3.97. The lowest BCUT2D eigenvalue weighted by Gasteiger charge is -2.36. The molecule has 0 heterocycles. The highest BCUT2D eigenvalue weighted by molar-refractivity contribution is 6.25. The summed E-state index contributed by atoms with van der Waals surface area (Å²) in [7, 11) is 2.74. The summed E-state index contributed by atoms with van der Waals surface area (Å²) in [4.78, 5) is 37.9. The molecule has 160 valence electrons. The second kappa shape index (κ2) is 12.0. The highest BCUT2D eigenvalue weighted by Crippen LogP contribution is 2.42. The SMILES string of the molecule is CCCCCCCCCCCC(=O)C1=C(OC)CC(C)(C)[C@H](C(=O)OC)C1=O. The van der Waals surface area contributed by atoms with Gasteiger partial charge in [-0.2, -0.15) is 0 Å². The lowest BCUT2D eigenvalue weighted by atomic mass is 9.67. The molecule has 1 atom stereocenters. The molecule has 28 heavy (non-hydrogen) atoms. The van der Waals surface area contributed by atoms with Crippen LogP contribution >= 0.6 is 0 Å². The third-order valence-corrected chi connectivity index (χ3v) is 5.65. The molecule has 5 heteroatoms. The number of hydrogen-bond donors (Lipinski definition) is 0. The van der Waals surface area contributed by atoms with Crippen LogP contribution in [0.3, 0.4) is 0 Å². The Morgan fingerprint density at radius 1 is 0.964 bits per heavy atom. The van der Waals surface area contributed by atoms with E-state index in [4.69, 9.17) is 9.47 Å². The zero-order valence-electron chi connectivity index (χ0n) is 18.4. The number of carbonyl (C=O) groups excluding carboxylic acids is 3. The predicted molar refractivity (Wildman–Crippen MR) is 110 cm³/mol. The number of hydrogen-bond acceptors (Lipinski definition) is 5. The Balaban J connectivity index is 2.61. The molecule has 0 bridgehead atoms. The molecule has 0 amide bonds. The van der Waals surface area contributed by atoms with E-state index in [2.05, 4.69) is 6.92 Å². The molecular weight excluding hydrogens is 356 g/mol. The fraction of sp³-hybridized carbons (Fsp3) is 0.783. The van der Waals surface area contributed by atoms with Gasteiger partial charge in [0.15, 0.2) is 11.6 Å². The van der Waals surface area contributed by atoms with Crippen LogP contribution in [-0.2, 0) is 23.9 Å². The van der Waals surface area contributed by atoms with Crippen molar-refractivity contribution < 1.29 is 23.9 Å². The van der Waals surface area contributed by atoms with Gasteiger partial charge < -0.3 is 9.47 Å². The van der Waals surface area contributed by atoms with Crippen molar-refractivity contribution in [3.05, 3.63) is 11.3 Å². The van der Waals surface area contributed by atoms with E-state index in [9.17, 15) is 14.4 Å². The van der Waals surface area contributed by atoms with Gasteiger partial charge in [-0.25, -0.2) is 0 Å². The number of allylic oxidation sites excluding steroid dienone is 2. The van der Waals surface area contributed by atoms with Gasteiger partial charge in [0.2, 0.25) is 0 Å². The smallest absolute Gasteiger partial charge is 0.317 e. The van der Waals surface area contributed by atoms with E-state index in [0.717, 1.165) is 19.3 Å². The van der Waals surface area contributed by atoms with Crippen LogP contribution in [0.25, 0.3) is 0 Å². The molecule has 0 aromatic heterocycles. The molecular formula is C23H38O5. The molecule has 0 aromatic carbocycles. The average molecular weight is 395 g/mol. The molecule has 0 saturated heterocycles. The van der Waals surface area contributed by atoms with Crippen LogP contribution < -0.4 is 0 Å². The van der Waals surface area contributed by atoms with Crippen molar-refractivity contribution in [3.8, 4) is 0 Å². The summed E-state index contributed by atoms with van der Waals surface area (Å²) in [6, 6.07) is 0. The molecule has 0 aliphatic heterocycles. The largest absolute Gasteiger partial charge is 0.500 e. The molecule has 1 aliphatic rings. The molecule has 0 N–H and O–H groups in total. The Hall–Kier alpha value is -1.65. The third kappa shape index (κ3) is 6.75. The first kappa shape index (κ1) is 24.4. The van der Waals surface area contributed by atoms with Gasteiger partial charge in [0, 0.05) is 12.8 Å². The van der Waals surface area contributed by atoms with E-state index in [1.807, 2.05) is 13.8 Å². The molecule has 5 nitrogen and oxygen atoms in total. The number of carbonyl (C=O) groups is 3. The van der Waals surface area contributed by atoms with E-state index in [1.54, 1.807) is 0 Å². The molecule has 0 saturated carbocycles. The van der Waals surface area contributed by atoms with Crippen LogP contribution in [0.4, 0.5) is 0 Å². The number of Topliss-reactive ketones (excluding diaryl/α,β-unsaturated/α-hetero) is 2. The summed E-state index contributed by atoms with van der Waals surface area (Å²) in [6.07, 6.45) is 11.1. The van der Waals surface area contributed by atoms with Gasteiger partial charge in [-0.15, -0.1) is 0 Å². The van der Waals surface area contributed by atoms with Crippen LogP contribution in [0.5, 0.6) is 0 Å². The normalized spacial score (nSPS) is 18.9. The first-order valence-corrected chi connectivity index (χ1v) is 10.7. The second-order valence-corrected chi connectivity index (χ2v) is 8.49. The van der Waals surface area contributed by atoms with Crippen LogP contribution in [0.1, 0.15) is 91.4 Å². The van der Waals surface area contributed by atoms with Gasteiger partial charge in [-0.3, -0.25) is 14.4 Å². The van der Waals surface area contributed by atoms with Gasteiger partial charge in [-0.05, 0) is 11.8 Å². The monoisotopic (exact) mass is 394 g/mol. The van der Waals surface area contributed by atoms with Gasteiger partial charge in [0.05, 0.1) is 19.8 Å². The van der Waals surface area contributed by atoms with Crippen molar-refractivity contribution in [1.82, 2.24) is 0 Å². The van der Waals surface area contributed by atoms with E-state index in [1.165, 1.54) is 52.7 Å². The number of rotatable bonds is 13. The highest BCUT2D eigenvalue weighted by atomic mass is 16.5. The zero-order valence-corrected chi connectivity index (χ0v) is 18.4. The third-order valence-electron chi connectivity index (χ3n) is 5.65. The highest BCUT2D eigenvalue weighted by Gasteiger charge is 2.49. The van der Waals surface area contributed by atoms with Gasteiger partial charge in [0.1, 0.15) is 11.7 Å². The summed E-state index contributed by atoms with van der Waals surface area (Å²) < 4.78 is 10.2. The number of methoxy groups -OCH3 is 2. The van der Waals surface area contributed by atoms with Crippen molar-refractivity contribution in [2.75, 3.05) is 14.2 Å². The standard InChI is InChI=1S/C23H38O5/c1-6-7-8-9-10-11-12-13-14-15-17(24)19-18(27-4)16-23(2,3)20(21(19)25)22(26)28-5/h20H,6-16H2,1-5H3/t20-/m0/s1. The number of ketones is 2. The van der Waals surface area contributed by atoms with Crippen molar-refractivity contribution in [3.63, 3.8) is 0 Å². The average Bonchev–Trinajstić information content (AvgIpc) is 2.65. The minimum Gasteiger partial charge on any atom is -0.500 e. The van der Waals surface area contributed by atoms with Crippen LogP contribution in [-0.4, -0.2) is 31.8 Å². The minimum atomic E-state index is -0.960. The summed E-state index contributed by atoms with van der Waals surface area (Å²) in [5.41, 5.74) is -0.575. The van der Waals surface area contributed by atoms with E-state index in [-0.39, 0.29) is 11.4 Å². The Kier molecular flexibility index (Phi) is 10.5. The molecule has 0 aromatic rings. The van der Waals surface area contributed by atoms with Crippen LogP contribution in [0.2, 0.25) is 0 Å². The van der Waals surface area contributed by atoms with Gasteiger partial charge >= 0.3 is 5.97 Å². The minimum absolute atomic E-state index is 0.0665. The predicted octanol–water partition coefficient (Wildman–Crippen LogP) is 5.17. The molecule has 0 fully saturated rings. The number of unbranched alkanes of at least 4 members (excludes halogenated alkanes) is 8. The second-order valence-electron chi connectivity index (χ2n) is 8.49. The van der Waals surface area contributed by atoms with E-state index >= 15 is 0 Å². The lowest BCUT2D eigenvalue weighted by molar-refractivity contribution is -0.154. The lowest BCUT2D eigenvalue weighted by Crippen LogP contribution is -2.44. The molecule has 0 unspecified atom stereocenters. The summed E-state index contributed by atoms with van der Waals surface area (Å²) >= 11 is 0. The Bertz CT molecular complexity index is 574. The Morgan fingerprint density at radius 2 is 1.50 bits per heavy atom. The maximum Gasteiger partial charge on any atom is 0.317 e. The zero-order chi connectivity index (χ0) is 21.2. The number of ether oxygens (including phenoxy) is 2. The molecule has 1 rings (SSSR count). The first-order valence-electron chi connectivity index (χ1n) is 10.7. The van der Waals surface area contributed by atoms with Crippen molar-refractivity contribution in [2.45, 2.75) is 91.4 Å². The summed E-state index contributed by atoms with van der Waals surface area (Å²) in [5.74, 6) is -1.82. The summed E-state index contributed by atoms with van der Waals surface area (Å²) in [6.45, 7) is 5.87. The van der Waals surface area contributed by atoms with Crippen LogP contribution in [0, 0.1) is 11.3 Å². The molecule has 1 aliphatic carbocycles. The quantitative estimate of drug-likeness (QED) is 0.187. The van der Waals surface area contributed by atoms with E-state index in [0.29, 0.717) is 18.6 Å². The maximum atomic E-state index is 13.0. The fourth-order valence-corrected chi connectivity index (χ4v) is 3.97. The molecule has 0 spiro atoms. The first-order chi connectivity index (χ1) is 13.3. The summed E-state index contributed by atoms with van der Waals surface area (Å²) in [5, 5.41) is 0. The van der Waals surface area contributed by atoms with E-state index < -0.39 is 23.1 Å². The van der Waals surface area contributed by atoms with Gasteiger partial charge in [-0.1, -0.05) is 72.1 Å². The van der Waals surface area contributed by atoms with Crippen molar-refractivity contribution >= 4 is 17.5 Å². The Morgan fingerprint density at radius 3 is 2.00 bits per heavy atom. The maximum absolute atomic E-state index is 13.0. The van der Waals surface area contributed by atoms with Crippen molar-refractivity contribution in [2.24, 2.45) is 11.3 Å². The van der Waals surface area contributed by atoms with Crippen molar-refractivity contribution in [1.29, 1.82) is 0 Å². The number of esters is 1. The van der Waals surface area contributed by atoms with Crippen LogP contribution in [0.15, 0.2) is 11.3 Å². The van der Waals surface area contributed by atoms with Gasteiger partial charge in [0.25, 0.3) is 0 Å².